The lowest BCUT2D eigenvalue weighted by Crippen LogP contribution is -2.19. The van der Waals surface area contributed by atoms with Crippen LogP contribution in [0.4, 0.5) is 5.69 Å². The van der Waals surface area contributed by atoms with E-state index in [1.807, 2.05) is 24.3 Å². The first kappa shape index (κ1) is 12.8. The van der Waals surface area contributed by atoms with E-state index in [9.17, 15) is 4.79 Å². The van der Waals surface area contributed by atoms with Crippen LogP contribution in [0.3, 0.4) is 0 Å². The summed E-state index contributed by atoms with van der Waals surface area (Å²) in [6.07, 6.45) is 4.99. The van der Waals surface area contributed by atoms with E-state index in [0.717, 1.165) is 30.9 Å². The van der Waals surface area contributed by atoms with E-state index < -0.39 is 0 Å². The summed E-state index contributed by atoms with van der Waals surface area (Å²) in [7, 11) is 0. The zero-order valence-electron chi connectivity index (χ0n) is 11.1. The van der Waals surface area contributed by atoms with E-state index in [0.29, 0.717) is 12.3 Å². The molecule has 1 fully saturated rings. The number of carbonyl (C=O) groups excluding carboxylic acids is 1. The Morgan fingerprint density at radius 2 is 2.35 bits per heavy atom. The van der Waals surface area contributed by atoms with Crippen molar-refractivity contribution in [2.45, 2.75) is 12.8 Å². The third-order valence-corrected chi connectivity index (χ3v) is 3.48. The van der Waals surface area contributed by atoms with Gasteiger partial charge in [-0.15, -0.1) is 5.10 Å². The van der Waals surface area contributed by atoms with E-state index in [1.165, 1.54) is 0 Å². The van der Waals surface area contributed by atoms with Crippen LogP contribution < -0.4 is 10.6 Å². The zero-order valence-corrected chi connectivity index (χ0v) is 11.1. The van der Waals surface area contributed by atoms with Crippen LogP contribution >= 0.6 is 0 Å². The Labute approximate surface area is 117 Å². The average Bonchev–Trinajstić information content (AvgIpc) is 3.11. The first-order chi connectivity index (χ1) is 9.83. The molecule has 2 aromatic rings. The van der Waals surface area contributed by atoms with Gasteiger partial charge in [-0.3, -0.25) is 4.79 Å². The lowest BCUT2D eigenvalue weighted by molar-refractivity contribution is -0.116. The molecule has 0 aliphatic carbocycles. The van der Waals surface area contributed by atoms with Gasteiger partial charge in [0.2, 0.25) is 5.91 Å². The van der Waals surface area contributed by atoms with Crippen molar-refractivity contribution >= 4 is 11.6 Å². The minimum Gasteiger partial charge on any atom is -0.324 e. The fraction of sp³-hybridized carbons (Fsp3) is 0.357. The van der Waals surface area contributed by atoms with Crippen LogP contribution in [-0.2, 0) is 4.79 Å². The number of benzene rings is 1. The molecule has 1 aliphatic rings. The molecule has 1 amide bonds. The van der Waals surface area contributed by atoms with Crippen molar-refractivity contribution in [3.63, 3.8) is 0 Å². The number of nitrogens with zero attached hydrogens (tertiary/aromatic N) is 3. The second-order valence-corrected chi connectivity index (χ2v) is 4.98. The normalized spacial score (nSPS) is 18.1. The summed E-state index contributed by atoms with van der Waals surface area (Å²) in [6, 6.07) is 7.59. The second-order valence-electron chi connectivity index (χ2n) is 4.98. The third-order valence-electron chi connectivity index (χ3n) is 3.48. The van der Waals surface area contributed by atoms with Gasteiger partial charge in [-0.1, -0.05) is 17.3 Å². The lowest BCUT2D eigenvalue weighted by atomic mass is 10.0. The molecule has 1 saturated heterocycles. The van der Waals surface area contributed by atoms with Crippen LogP contribution in [-0.4, -0.2) is 34.0 Å². The molecule has 1 aliphatic heterocycles. The number of nitrogens with one attached hydrogen (secondary N) is 2. The smallest absolute Gasteiger partial charge is 0.224 e. The van der Waals surface area contributed by atoms with Gasteiger partial charge in [-0.2, -0.15) is 0 Å². The minimum atomic E-state index is 0.0475. The molecule has 1 unspecified atom stereocenters. The molecule has 6 nitrogen and oxygen atoms in total. The maximum atomic E-state index is 12.1. The molecule has 104 valence electrons. The van der Waals surface area contributed by atoms with Gasteiger partial charge in [0, 0.05) is 6.42 Å². The summed E-state index contributed by atoms with van der Waals surface area (Å²) in [5.74, 6) is 0.486. The fourth-order valence-electron chi connectivity index (χ4n) is 2.47. The summed E-state index contributed by atoms with van der Waals surface area (Å²) in [6.45, 7) is 1.94. The van der Waals surface area contributed by atoms with E-state index in [1.54, 1.807) is 17.1 Å². The highest BCUT2D eigenvalue weighted by molar-refractivity contribution is 5.92. The number of aromatic nitrogens is 3. The Morgan fingerprint density at radius 3 is 3.10 bits per heavy atom. The number of para-hydroxylation sites is 2. The molecule has 1 aromatic carbocycles. The topological polar surface area (TPSA) is 71.8 Å². The number of hydrogen-bond donors (Lipinski definition) is 2. The number of carbonyl (C=O) groups is 1. The molecule has 2 N–H and O–H groups in total. The van der Waals surface area contributed by atoms with Crippen LogP contribution in [0.1, 0.15) is 12.8 Å². The van der Waals surface area contributed by atoms with Crippen molar-refractivity contribution < 1.29 is 4.79 Å². The molecular formula is C14H17N5O. The highest BCUT2D eigenvalue weighted by Crippen LogP contribution is 2.20. The summed E-state index contributed by atoms with van der Waals surface area (Å²) >= 11 is 0. The molecule has 3 rings (SSSR count). The summed E-state index contributed by atoms with van der Waals surface area (Å²) < 4.78 is 1.65. The number of rotatable bonds is 4. The molecule has 2 heterocycles. The SMILES string of the molecule is O=C(CC1CCNC1)Nc1ccccc1-n1ccnn1. The molecule has 1 atom stereocenters. The van der Waals surface area contributed by atoms with Gasteiger partial charge in [0.1, 0.15) is 0 Å². The van der Waals surface area contributed by atoms with Crippen molar-refractivity contribution in [3.8, 4) is 5.69 Å². The predicted molar refractivity (Wildman–Crippen MR) is 75.6 cm³/mol. The van der Waals surface area contributed by atoms with Crippen molar-refractivity contribution in [1.29, 1.82) is 0 Å². The quantitative estimate of drug-likeness (QED) is 0.876. The molecule has 0 spiro atoms. The Hall–Kier alpha value is -2.21. The molecule has 1 aromatic heterocycles. The maximum absolute atomic E-state index is 12.1. The Balaban J connectivity index is 1.72. The van der Waals surface area contributed by atoms with Crippen molar-refractivity contribution in [1.82, 2.24) is 20.3 Å². The Kier molecular flexibility index (Phi) is 3.73. The summed E-state index contributed by atoms with van der Waals surface area (Å²) in [5.41, 5.74) is 1.58. The fourth-order valence-corrected chi connectivity index (χ4v) is 2.47. The molecular weight excluding hydrogens is 254 g/mol. The Bertz CT molecular complexity index is 575. The molecule has 6 heteroatoms. The number of amides is 1. The molecule has 0 saturated carbocycles. The van der Waals surface area contributed by atoms with Gasteiger partial charge in [-0.25, -0.2) is 4.68 Å². The summed E-state index contributed by atoms with van der Waals surface area (Å²) in [4.78, 5) is 12.1. The Morgan fingerprint density at radius 1 is 1.45 bits per heavy atom. The largest absolute Gasteiger partial charge is 0.324 e. The molecule has 0 bridgehead atoms. The van der Waals surface area contributed by atoms with Crippen LogP contribution in [0.15, 0.2) is 36.7 Å². The van der Waals surface area contributed by atoms with Crippen LogP contribution in [0.5, 0.6) is 0 Å². The minimum absolute atomic E-state index is 0.0475. The van der Waals surface area contributed by atoms with Crippen molar-refractivity contribution in [2.24, 2.45) is 5.92 Å². The third kappa shape index (κ3) is 2.85. The average molecular weight is 271 g/mol. The number of anilines is 1. The van der Waals surface area contributed by atoms with E-state index >= 15 is 0 Å². The van der Waals surface area contributed by atoms with Gasteiger partial charge in [0.25, 0.3) is 0 Å². The van der Waals surface area contributed by atoms with E-state index in [-0.39, 0.29) is 5.91 Å². The zero-order chi connectivity index (χ0) is 13.8. The molecule has 0 radical (unpaired) electrons. The second kappa shape index (κ2) is 5.83. The van der Waals surface area contributed by atoms with Crippen molar-refractivity contribution in [2.75, 3.05) is 18.4 Å². The van der Waals surface area contributed by atoms with Gasteiger partial charge in [0.15, 0.2) is 0 Å². The highest BCUT2D eigenvalue weighted by atomic mass is 16.1. The van der Waals surface area contributed by atoms with Crippen LogP contribution in [0, 0.1) is 5.92 Å². The van der Waals surface area contributed by atoms with Crippen molar-refractivity contribution in [3.05, 3.63) is 36.7 Å². The van der Waals surface area contributed by atoms with Crippen LogP contribution in [0.2, 0.25) is 0 Å². The first-order valence-electron chi connectivity index (χ1n) is 6.79. The highest BCUT2D eigenvalue weighted by Gasteiger charge is 2.18. The standard InChI is InChI=1S/C14H17N5O/c20-14(9-11-5-6-15-10-11)17-12-3-1-2-4-13(12)19-8-7-16-18-19/h1-4,7-8,11,15H,5-6,9-10H2,(H,17,20). The monoisotopic (exact) mass is 271 g/mol. The van der Waals surface area contributed by atoms with Gasteiger partial charge in [0.05, 0.1) is 23.8 Å². The van der Waals surface area contributed by atoms with Gasteiger partial charge >= 0.3 is 0 Å². The lowest BCUT2D eigenvalue weighted by Gasteiger charge is -2.12. The van der Waals surface area contributed by atoms with Crippen LogP contribution in [0.25, 0.3) is 5.69 Å². The van der Waals surface area contributed by atoms with Gasteiger partial charge < -0.3 is 10.6 Å². The van der Waals surface area contributed by atoms with Gasteiger partial charge in [-0.05, 0) is 37.6 Å². The first-order valence-corrected chi connectivity index (χ1v) is 6.79. The predicted octanol–water partition coefficient (Wildman–Crippen LogP) is 1.21. The van der Waals surface area contributed by atoms with E-state index in [2.05, 4.69) is 20.9 Å². The number of hydrogen-bond acceptors (Lipinski definition) is 4. The maximum Gasteiger partial charge on any atom is 0.224 e. The van der Waals surface area contributed by atoms with E-state index in [4.69, 9.17) is 0 Å². The summed E-state index contributed by atoms with van der Waals surface area (Å²) in [5, 5.41) is 14.0. The molecule has 20 heavy (non-hydrogen) atoms.